The lowest BCUT2D eigenvalue weighted by Gasteiger charge is -2.18. The first-order chi connectivity index (χ1) is 30.3. The van der Waals surface area contributed by atoms with Crippen LogP contribution in [0.2, 0.25) is 0 Å². The van der Waals surface area contributed by atoms with Crippen molar-refractivity contribution in [3.05, 3.63) is 48.6 Å². The number of ether oxygens (including phenoxy) is 1. The zero-order valence-electron chi connectivity index (χ0n) is 39.9. The van der Waals surface area contributed by atoms with Crippen LogP contribution in [-0.2, 0) is 23.9 Å². The summed E-state index contributed by atoms with van der Waals surface area (Å²) < 4.78 is 6.04. The van der Waals surface area contributed by atoms with Gasteiger partial charge in [-0.3, -0.25) is 14.4 Å². The Morgan fingerprint density at radius 3 is 1.39 bits per heavy atom. The van der Waals surface area contributed by atoms with E-state index in [1.165, 1.54) is 109 Å². The van der Waals surface area contributed by atoms with Crippen LogP contribution in [0.1, 0.15) is 239 Å². The molecule has 0 aromatic carbocycles. The van der Waals surface area contributed by atoms with Crippen molar-refractivity contribution in [3.8, 4) is 0 Å². The third-order valence-corrected chi connectivity index (χ3v) is 11.3. The summed E-state index contributed by atoms with van der Waals surface area (Å²) in [7, 11) is 0. The second-order valence-corrected chi connectivity index (χ2v) is 17.3. The first-order valence-electron chi connectivity index (χ1n) is 25.5. The minimum Gasteiger partial charge on any atom is -0.480 e. The predicted octanol–water partition coefficient (Wildman–Crippen LogP) is 13.5. The molecule has 358 valence electrons. The zero-order valence-corrected chi connectivity index (χ0v) is 39.9. The lowest BCUT2D eigenvalue weighted by Crippen LogP contribution is -2.47. The number of carbonyl (C=O) groups is 4. The fourth-order valence-electron chi connectivity index (χ4n) is 7.37. The van der Waals surface area contributed by atoms with E-state index in [0.717, 1.165) is 96.3 Å². The number of esters is 1. The molecule has 0 aliphatic heterocycles. The molecule has 9 heteroatoms. The van der Waals surface area contributed by atoms with Crippen LogP contribution in [-0.4, -0.2) is 59.3 Å². The highest BCUT2D eigenvalue weighted by atomic mass is 16.5. The first-order valence-corrected chi connectivity index (χ1v) is 25.5. The van der Waals surface area contributed by atoms with Gasteiger partial charge in [0.15, 0.2) is 0 Å². The highest BCUT2D eigenvalue weighted by molar-refractivity contribution is 5.87. The fourth-order valence-corrected chi connectivity index (χ4v) is 7.37. The number of aliphatic hydroxyl groups is 1. The van der Waals surface area contributed by atoms with E-state index in [9.17, 15) is 19.2 Å². The van der Waals surface area contributed by atoms with Gasteiger partial charge in [0.05, 0.1) is 13.2 Å². The Bertz CT molecular complexity index is 1180. The maximum atomic E-state index is 12.9. The van der Waals surface area contributed by atoms with Gasteiger partial charge < -0.3 is 25.6 Å². The van der Waals surface area contributed by atoms with E-state index in [2.05, 4.69) is 73.1 Å². The third kappa shape index (κ3) is 43.4. The molecule has 0 fully saturated rings. The molecule has 0 radical (unpaired) electrons. The quantitative estimate of drug-likeness (QED) is 0.0271. The average Bonchev–Trinajstić information content (AvgIpc) is 3.26. The maximum absolute atomic E-state index is 12.9. The van der Waals surface area contributed by atoms with E-state index in [0.29, 0.717) is 12.8 Å². The van der Waals surface area contributed by atoms with E-state index in [4.69, 9.17) is 14.9 Å². The summed E-state index contributed by atoms with van der Waals surface area (Å²) in [6, 6.07) is -1.39. The Balaban J connectivity index is 4.33. The highest BCUT2D eigenvalue weighted by Gasteiger charge is 2.19. The Morgan fingerprint density at radius 1 is 0.484 bits per heavy atom. The molecule has 2 atom stereocenters. The summed E-state index contributed by atoms with van der Waals surface area (Å²) in [5.74, 6) is -2.32. The molecule has 4 N–H and O–H groups in total. The molecule has 0 heterocycles. The SMILES string of the molecule is CCCCCCC/C=C\C/C=C\C/C=C\CCCCCCCCC(=O)OC(CCC/C=C\CCCCCCCCCC)CCCCCCCC(=O)NCC(=O)NC(CO)C(=O)O. The molecule has 9 nitrogen and oxygen atoms in total. The maximum Gasteiger partial charge on any atom is 0.328 e. The van der Waals surface area contributed by atoms with Crippen LogP contribution in [0.3, 0.4) is 0 Å². The number of aliphatic hydroxyl groups excluding tert-OH is 1. The van der Waals surface area contributed by atoms with Crippen molar-refractivity contribution in [2.24, 2.45) is 0 Å². The topological polar surface area (TPSA) is 142 Å². The number of hydrogen-bond donors (Lipinski definition) is 4. The number of hydrogen-bond acceptors (Lipinski definition) is 6. The van der Waals surface area contributed by atoms with Crippen molar-refractivity contribution in [2.75, 3.05) is 13.2 Å². The Kier molecular flexibility index (Phi) is 44.8. The van der Waals surface area contributed by atoms with Gasteiger partial charge in [0.2, 0.25) is 11.8 Å². The summed E-state index contributed by atoms with van der Waals surface area (Å²) in [6.07, 6.45) is 57.1. The van der Waals surface area contributed by atoms with Gasteiger partial charge in [-0.1, -0.05) is 178 Å². The van der Waals surface area contributed by atoms with Crippen LogP contribution in [0.4, 0.5) is 0 Å². The molecule has 0 saturated heterocycles. The van der Waals surface area contributed by atoms with Crippen LogP contribution in [0.25, 0.3) is 0 Å². The monoisotopic (exact) mass is 871 g/mol. The van der Waals surface area contributed by atoms with Gasteiger partial charge in [-0.2, -0.15) is 0 Å². The first kappa shape index (κ1) is 58.8. The van der Waals surface area contributed by atoms with Crippen molar-refractivity contribution in [2.45, 2.75) is 251 Å². The number of rotatable bonds is 46. The minimum atomic E-state index is -1.39. The lowest BCUT2D eigenvalue weighted by atomic mass is 10.0. The molecule has 0 rings (SSSR count). The van der Waals surface area contributed by atoms with Gasteiger partial charge >= 0.3 is 11.9 Å². The van der Waals surface area contributed by atoms with Gasteiger partial charge in [0.25, 0.3) is 0 Å². The van der Waals surface area contributed by atoms with Gasteiger partial charge in [0, 0.05) is 12.8 Å². The summed E-state index contributed by atoms with van der Waals surface area (Å²) in [5.41, 5.74) is 0. The summed E-state index contributed by atoms with van der Waals surface area (Å²) >= 11 is 0. The van der Waals surface area contributed by atoms with Crippen LogP contribution >= 0.6 is 0 Å². The van der Waals surface area contributed by atoms with E-state index < -0.39 is 24.5 Å². The smallest absolute Gasteiger partial charge is 0.328 e. The number of nitrogens with one attached hydrogen (secondary N) is 2. The van der Waals surface area contributed by atoms with Crippen molar-refractivity contribution in [1.29, 1.82) is 0 Å². The molecule has 0 aromatic rings. The van der Waals surface area contributed by atoms with Crippen molar-refractivity contribution in [3.63, 3.8) is 0 Å². The minimum absolute atomic E-state index is 0.0534. The van der Waals surface area contributed by atoms with Crippen molar-refractivity contribution in [1.82, 2.24) is 10.6 Å². The van der Waals surface area contributed by atoms with E-state index in [-0.39, 0.29) is 30.9 Å². The van der Waals surface area contributed by atoms with Crippen LogP contribution < -0.4 is 10.6 Å². The molecule has 2 amide bonds. The molecular weight excluding hydrogens is 777 g/mol. The number of unbranched alkanes of at least 4 members (excludes halogenated alkanes) is 24. The van der Waals surface area contributed by atoms with E-state index in [1.807, 2.05) is 0 Å². The summed E-state index contributed by atoms with van der Waals surface area (Å²) in [6.45, 7) is 3.48. The highest BCUT2D eigenvalue weighted by Crippen LogP contribution is 2.18. The largest absolute Gasteiger partial charge is 0.480 e. The Hall–Kier alpha value is -3.20. The fraction of sp³-hybridized carbons (Fsp3) is 0.774. The average molecular weight is 871 g/mol. The van der Waals surface area contributed by atoms with Crippen molar-refractivity contribution < 1.29 is 34.1 Å². The number of carboxylic acids is 1. The van der Waals surface area contributed by atoms with E-state index in [1.54, 1.807) is 0 Å². The number of amides is 2. The summed E-state index contributed by atoms with van der Waals surface area (Å²) in [4.78, 5) is 47.8. The number of aliphatic carboxylic acids is 1. The van der Waals surface area contributed by atoms with Gasteiger partial charge in [-0.25, -0.2) is 4.79 Å². The molecule has 0 bridgehead atoms. The standard InChI is InChI=1S/C53H94N2O7/c1-3-5-7-9-11-13-15-17-18-19-20-21-22-23-24-26-28-30-32-37-41-45-52(59)62-48(42-38-34-31-29-27-25-16-14-12-10-8-6-4-2)43-39-35-33-36-40-44-50(57)54-46-51(58)55-49(47-56)53(60)61/h15,17,19-20,22-23,29,31,48-49,56H,3-14,16,18,21,24-28,30,32-47H2,1-2H3,(H,54,57)(H,55,58)(H,60,61)/b17-15-,20-19-,23-22-,31-29-. The summed E-state index contributed by atoms with van der Waals surface area (Å²) in [5, 5.41) is 22.6. The van der Waals surface area contributed by atoms with Crippen molar-refractivity contribution >= 4 is 23.8 Å². The Morgan fingerprint density at radius 2 is 0.887 bits per heavy atom. The molecule has 0 aliphatic carbocycles. The molecule has 0 spiro atoms. The van der Waals surface area contributed by atoms with Crippen LogP contribution in [0.15, 0.2) is 48.6 Å². The molecule has 0 aliphatic rings. The lowest BCUT2D eigenvalue weighted by molar-refractivity contribution is -0.150. The molecule has 62 heavy (non-hydrogen) atoms. The second-order valence-electron chi connectivity index (χ2n) is 17.3. The third-order valence-electron chi connectivity index (χ3n) is 11.3. The van der Waals surface area contributed by atoms with E-state index >= 15 is 0 Å². The Labute approximate surface area is 379 Å². The number of carbonyl (C=O) groups excluding carboxylic acids is 3. The molecule has 0 aromatic heterocycles. The number of carboxylic acid groups (broad SMARTS) is 1. The molecular formula is C53H94N2O7. The van der Waals surface area contributed by atoms with Gasteiger partial charge in [-0.05, 0) is 96.3 Å². The molecule has 0 saturated carbocycles. The predicted molar refractivity (Wildman–Crippen MR) is 259 cm³/mol. The van der Waals surface area contributed by atoms with Gasteiger partial charge in [-0.15, -0.1) is 0 Å². The number of allylic oxidation sites excluding steroid dienone is 8. The van der Waals surface area contributed by atoms with Crippen LogP contribution in [0.5, 0.6) is 0 Å². The normalized spacial score (nSPS) is 12.8. The van der Waals surface area contributed by atoms with Gasteiger partial charge in [0.1, 0.15) is 12.1 Å². The second kappa shape index (κ2) is 47.3. The molecule has 2 unspecified atom stereocenters. The zero-order chi connectivity index (χ0) is 45.4. The van der Waals surface area contributed by atoms with Crippen LogP contribution in [0, 0.1) is 0 Å².